The molecule has 134 valence electrons. The first-order chi connectivity index (χ1) is 13.2. The summed E-state index contributed by atoms with van der Waals surface area (Å²) in [5, 5.41) is 17.7. The van der Waals surface area contributed by atoms with Gasteiger partial charge in [0.25, 0.3) is 5.91 Å². The molecule has 0 aliphatic heterocycles. The van der Waals surface area contributed by atoms with Crippen molar-refractivity contribution >= 4 is 5.91 Å². The third kappa shape index (κ3) is 3.54. The molecule has 3 aromatic heterocycles. The summed E-state index contributed by atoms with van der Waals surface area (Å²) in [5.41, 5.74) is 2.03. The Kier molecular flexibility index (Phi) is 4.35. The molecule has 10 nitrogen and oxygen atoms in total. The van der Waals surface area contributed by atoms with Gasteiger partial charge >= 0.3 is 0 Å². The first-order valence-corrected chi connectivity index (χ1v) is 8.09. The van der Waals surface area contributed by atoms with Gasteiger partial charge in [-0.2, -0.15) is 4.98 Å². The van der Waals surface area contributed by atoms with E-state index >= 15 is 0 Å². The first kappa shape index (κ1) is 16.5. The van der Waals surface area contributed by atoms with Crippen LogP contribution in [0.2, 0.25) is 0 Å². The second kappa shape index (κ2) is 7.12. The van der Waals surface area contributed by atoms with Crippen LogP contribution in [0.1, 0.15) is 29.2 Å². The maximum absolute atomic E-state index is 12.4. The van der Waals surface area contributed by atoms with E-state index in [-0.39, 0.29) is 5.91 Å². The molecule has 4 aromatic rings. The molecule has 1 N–H and O–H groups in total. The van der Waals surface area contributed by atoms with Crippen molar-refractivity contribution in [1.29, 1.82) is 0 Å². The van der Waals surface area contributed by atoms with E-state index in [4.69, 9.17) is 4.52 Å². The number of hydrogen-bond donors (Lipinski definition) is 1. The minimum Gasteiger partial charge on any atom is -0.341 e. The third-order valence-electron chi connectivity index (χ3n) is 3.84. The molecule has 1 atom stereocenters. The number of benzene rings is 1. The van der Waals surface area contributed by atoms with Crippen molar-refractivity contribution in [2.24, 2.45) is 0 Å². The van der Waals surface area contributed by atoms with Gasteiger partial charge in [0, 0.05) is 23.5 Å². The van der Waals surface area contributed by atoms with Crippen LogP contribution >= 0.6 is 0 Å². The van der Waals surface area contributed by atoms with E-state index in [1.54, 1.807) is 55.7 Å². The number of nitrogens with one attached hydrogen (secondary N) is 1. The van der Waals surface area contributed by atoms with Crippen LogP contribution in [0, 0.1) is 0 Å². The van der Waals surface area contributed by atoms with Crippen LogP contribution < -0.4 is 5.32 Å². The number of nitrogens with zero attached hydrogens (tertiary/aromatic N) is 7. The molecule has 3 heterocycles. The smallest absolute Gasteiger partial charge is 0.251 e. The maximum Gasteiger partial charge on any atom is 0.251 e. The zero-order valence-corrected chi connectivity index (χ0v) is 14.2. The number of rotatable bonds is 5. The van der Waals surface area contributed by atoms with Crippen LogP contribution in [0.3, 0.4) is 0 Å². The number of hydrogen-bond acceptors (Lipinski definition) is 8. The predicted molar refractivity (Wildman–Crippen MR) is 92.6 cm³/mol. The quantitative estimate of drug-likeness (QED) is 0.567. The van der Waals surface area contributed by atoms with Crippen molar-refractivity contribution < 1.29 is 9.32 Å². The fourth-order valence-corrected chi connectivity index (χ4v) is 2.42. The normalized spacial score (nSPS) is 11.9. The molecule has 0 saturated carbocycles. The molecule has 0 aliphatic rings. The molecule has 1 unspecified atom stereocenters. The number of carbonyl (C=O) groups excluding carboxylic acids is 1. The van der Waals surface area contributed by atoms with Gasteiger partial charge in [-0.3, -0.25) is 9.78 Å². The summed E-state index contributed by atoms with van der Waals surface area (Å²) in [6.07, 6.45) is 4.78. The minimum atomic E-state index is -0.445. The van der Waals surface area contributed by atoms with Crippen LogP contribution in [0.25, 0.3) is 17.1 Å². The molecule has 0 spiro atoms. The SMILES string of the molecule is CC(NC(=O)c1ccc(-n2cnnn2)cc1)c1nc(-c2ccncc2)no1. The largest absolute Gasteiger partial charge is 0.341 e. The number of carbonyl (C=O) groups is 1. The van der Waals surface area contributed by atoms with Gasteiger partial charge in [-0.1, -0.05) is 5.16 Å². The Hall–Kier alpha value is -3.95. The molecule has 0 saturated heterocycles. The van der Waals surface area contributed by atoms with Crippen molar-refractivity contribution in [3.05, 3.63) is 66.6 Å². The average Bonchev–Trinajstić information content (AvgIpc) is 3.41. The van der Waals surface area contributed by atoms with Gasteiger partial charge in [-0.15, -0.1) is 5.10 Å². The van der Waals surface area contributed by atoms with E-state index in [1.807, 2.05) is 0 Å². The van der Waals surface area contributed by atoms with E-state index in [0.717, 1.165) is 11.3 Å². The van der Waals surface area contributed by atoms with Crippen LogP contribution in [0.15, 0.2) is 59.6 Å². The summed E-state index contributed by atoms with van der Waals surface area (Å²) >= 11 is 0. The Bertz CT molecular complexity index is 1030. The molecule has 10 heteroatoms. The maximum atomic E-state index is 12.4. The lowest BCUT2D eigenvalue weighted by atomic mass is 10.2. The van der Waals surface area contributed by atoms with Crippen LogP contribution in [-0.2, 0) is 0 Å². The summed E-state index contributed by atoms with van der Waals surface area (Å²) in [5.74, 6) is 0.509. The van der Waals surface area contributed by atoms with E-state index in [0.29, 0.717) is 17.3 Å². The molecule has 0 bridgehead atoms. The highest BCUT2D eigenvalue weighted by Crippen LogP contribution is 2.18. The molecule has 1 amide bonds. The van der Waals surface area contributed by atoms with Gasteiger partial charge in [0.05, 0.1) is 5.69 Å². The lowest BCUT2D eigenvalue weighted by Gasteiger charge is -2.10. The highest BCUT2D eigenvalue weighted by molar-refractivity contribution is 5.94. The van der Waals surface area contributed by atoms with Gasteiger partial charge in [-0.05, 0) is 53.7 Å². The number of tetrazole rings is 1. The summed E-state index contributed by atoms with van der Waals surface area (Å²) < 4.78 is 6.77. The molecule has 4 rings (SSSR count). The Labute approximate surface area is 153 Å². The molecular weight excluding hydrogens is 348 g/mol. The number of amides is 1. The van der Waals surface area contributed by atoms with Gasteiger partial charge in [0.1, 0.15) is 12.4 Å². The molecule has 0 aliphatic carbocycles. The van der Waals surface area contributed by atoms with Gasteiger partial charge in [0.15, 0.2) is 0 Å². The van der Waals surface area contributed by atoms with E-state index in [9.17, 15) is 4.79 Å². The first-order valence-electron chi connectivity index (χ1n) is 8.09. The Morgan fingerprint density at radius 1 is 1.15 bits per heavy atom. The Balaban J connectivity index is 1.44. The standard InChI is InChI=1S/C17H14N8O2/c1-11(17-21-15(22-27-17)12-6-8-18-9-7-12)20-16(26)13-2-4-14(5-3-13)25-10-19-23-24-25/h2-11H,1H3,(H,20,26). The summed E-state index contributed by atoms with van der Waals surface area (Å²) in [4.78, 5) is 20.7. The lowest BCUT2D eigenvalue weighted by molar-refractivity contribution is 0.0932. The van der Waals surface area contributed by atoms with Crippen LogP contribution in [-0.4, -0.2) is 41.2 Å². The Morgan fingerprint density at radius 2 is 1.93 bits per heavy atom. The fraction of sp³-hybridized carbons (Fsp3) is 0.118. The van der Waals surface area contributed by atoms with Crippen molar-refractivity contribution in [3.63, 3.8) is 0 Å². The third-order valence-corrected chi connectivity index (χ3v) is 3.84. The summed E-state index contributed by atoms with van der Waals surface area (Å²) in [7, 11) is 0. The second-order valence-electron chi connectivity index (χ2n) is 5.69. The number of pyridine rings is 1. The van der Waals surface area contributed by atoms with Crippen molar-refractivity contribution in [2.45, 2.75) is 13.0 Å². The lowest BCUT2D eigenvalue weighted by Crippen LogP contribution is -2.26. The van der Waals surface area contributed by atoms with Gasteiger partial charge in [-0.25, -0.2) is 4.68 Å². The van der Waals surface area contributed by atoms with E-state index in [2.05, 4.69) is 36.0 Å². The topological polar surface area (TPSA) is 125 Å². The number of aromatic nitrogens is 7. The second-order valence-corrected chi connectivity index (χ2v) is 5.69. The molecule has 27 heavy (non-hydrogen) atoms. The van der Waals surface area contributed by atoms with E-state index in [1.165, 1.54) is 11.0 Å². The van der Waals surface area contributed by atoms with Crippen molar-refractivity contribution in [1.82, 2.24) is 40.6 Å². The van der Waals surface area contributed by atoms with Crippen LogP contribution in [0.5, 0.6) is 0 Å². The highest BCUT2D eigenvalue weighted by Gasteiger charge is 2.18. The van der Waals surface area contributed by atoms with Crippen molar-refractivity contribution in [2.75, 3.05) is 0 Å². The minimum absolute atomic E-state index is 0.255. The molecule has 0 radical (unpaired) electrons. The van der Waals surface area contributed by atoms with E-state index < -0.39 is 6.04 Å². The molecular formula is C17H14N8O2. The predicted octanol–water partition coefficient (Wildman–Crippen LogP) is 1.60. The zero-order valence-electron chi connectivity index (χ0n) is 14.2. The molecule has 0 fully saturated rings. The molecule has 1 aromatic carbocycles. The monoisotopic (exact) mass is 362 g/mol. The average molecular weight is 362 g/mol. The van der Waals surface area contributed by atoms with Crippen molar-refractivity contribution in [3.8, 4) is 17.1 Å². The summed E-state index contributed by atoms with van der Waals surface area (Å²) in [6, 6.07) is 10.0. The fourth-order valence-electron chi connectivity index (χ4n) is 2.42. The van der Waals surface area contributed by atoms with Gasteiger partial charge in [0.2, 0.25) is 11.7 Å². The summed E-state index contributed by atoms with van der Waals surface area (Å²) in [6.45, 7) is 1.77. The Morgan fingerprint density at radius 3 is 2.63 bits per heavy atom. The van der Waals surface area contributed by atoms with Crippen LogP contribution in [0.4, 0.5) is 0 Å². The van der Waals surface area contributed by atoms with Gasteiger partial charge < -0.3 is 9.84 Å². The zero-order chi connectivity index (χ0) is 18.6. The highest BCUT2D eigenvalue weighted by atomic mass is 16.5.